The minimum Gasteiger partial charge on any atom is -0.344 e. The summed E-state index contributed by atoms with van der Waals surface area (Å²) in [6.07, 6.45) is 3.24. The van der Waals surface area contributed by atoms with Crippen LogP contribution in [0.25, 0.3) is 0 Å². The van der Waals surface area contributed by atoms with Crippen molar-refractivity contribution >= 4 is 29.2 Å². The summed E-state index contributed by atoms with van der Waals surface area (Å²) < 4.78 is 0. The van der Waals surface area contributed by atoms with Crippen LogP contribution >= 0.6 is 11.6 Å². The van der Waals surface area contributed by atoms with E-state index in [0.717, 1.165) is 17.5 Å². The van der Waals surface area contributed by atoms with Gasteiger partial charge in [-0.2, -0.15) is 0 Å². The number of ketones is 1. The number of carbonyl (C=O) groups excluding carboxylic acids is 3. The van der Waals surface area contributed by atoms with E-state index in [4.69, 9.17) is 11.6 Å². The highest BCUT2D eigenvalue weighted by molar-refractivity contribution is 6.30. The third-order valence-electron chi connectivity index (χ3n) is 6.57. The van der Waals surface area contributed by atoms with Gasteiger partial charge in [-0.15, -0.1) is 0 Å². The number of nitrogens with one attached hydrogen (secondary N) is 1. The molecule has 1 saturated heterocycles. The molecule has 0 spiro atoms. The Hall–Kier alpha value is -2.66. The second-order valence-corrected chi connectivity index (χ2v) is 9.19. The normalized spacial score (nSPS) is 16.2. The maximum absolute atomic E-state index is 13.5. The molecule has 1 fully saturated rings. The van der Waals surface area contributed by atoms with Crippen LogP contribution in [0.3, 0.4) is 0 Å². The molecule has 33 heavy (non-hydrogen) atoms. The average molecular weight is 469 g/mol. The Labute approximate surface area is 201 Å². The number of likely N-dealkylation sites (tertiary alicyclic amines) is 1. The van der Waals surface area contributed by atoms with Crippen molar-refractivity contribution in [3.05, 3.63) is 70.7 Å². The number of halogens is 1. The summed E-state index contributed by atoms with van der Waals surface area (Å²) in [6.45, 7) is 4.77. The van der Waals surface area contributed by atoms with Crippen LogP contribution in [0.1, 0.15) is 57.1 Å². The fourth-order valence-electron chi connectivity index (χ4n) is 4.63. The summed E-state index contributed by atoms with van der Waals surface area (Å²) in [7, 11) is 0. The number of piperidine rings is 1. The van der Waals surface area contributed by atoms with E-state index in [9.17, 15) is 14.4 Å². The first-order valence-corrected chi connectivity index (χ1v) is 12.2. The molecule has 0 bridgehead atoms. The van der Waals surface area contributed by atoms with Crippen molar-refractivity contribution in [2.45, 2.75) is 63.8 Å². The first-order valence-electron chi connectivity index (χ1n) is 11.8. The van der Waals surface area contributed by atoms with Crippen molar-refractivity contribution in [1.82, 2.24) is 10.2 Å². The number of hydrogen-bond acceptors (Lipinski definition) is 3. The summed E-state index contributed by atoms with van der Waals surface area (Å²) in [6, 6.07) is 16.6. The number of benzene rings is 2. The number of Topliss-reactive ketones (excluding diaryl/α,β-unsaturated/α-hetero) is 1. The molecule has 0 aromatic heterocycles. The molecule has 2 aromatic carbocycles. The van der Waals surface area contributed by atoms with Gasteiger partial charge in [-0.1, -0.05) is 67.9 Å². The van der Waals surface area contributed by atoms with Gasteiger partial charge >= 0.3 is 0 Å². The van der Waals surface area contributed by atoms with E-state index in [-0.39, 0.29) is 17.6 Å². The third kappa shape index (κ3) is 6.02. The lowest BCUT2D eigenvalue weighted by atomic mass is 9.68. The predicted octanol–water partition coefficient (Wildman–Crippen LogP) is 4.71. The monoisotopic (exact) mass is 468 g/mol. The van der Waals surface area contributed by atoms with Crippen LogP contribution in [0, 0.1) is 0 Å². The molecule has 5 nitrogen and oxygen atoms in total. The van der Waals surface area contributed by atoms with Gasteiger partial charge in [0.25, 0.3) is 0 Å². The number of carbonyl (C=O) groups is 3. The van der Waals surface area contributed by atoms with Crippen LogP contribution < -0.4 is 5.32 Å². The minimum atomic E-state index is -0.644. The Bertz CT molecular complexity index is 951. The first kappa shape index (κ1) is 25.0. The standard InChI is InChI=1S/C27H33ClN2O3/c1-3-8-24(31)27(21-9-6-5-7-10-21)15-17-30(18-16-27)26(33)23(29-25(32)4-2)19-20-11-13-22(28)14-12-20/h5-7,9-14,23H,3-4,8,15-19H2,1-2H3,(H,29,32)/t23-/m1/s1. The Kier molecular flexibility index (Phi) is 8.67. The summed E-state index contributed by atoms with van der Waals surface area (Å²) in [5.74, 6) is -0.00673. The van der Waals surface area contributed by atoms with E-state index >= 15 is 0 Å². The molecule has 0 saturated carbocycles. The van der Waals surface area contributed by atoms with Gasteiger partial charge in [-0.05, 0) is 42.5 Å². The van der Waals surface area contributed by atoms with Crippen LogP contribution in [0.15, 0.2) is 54.6 Å². The Balaban J connectivity index is 1.77. The first-order chi connectivity index (χ1) is 15.9. The van der Waals surface area contributed by atoms with Gasteiger partial charge in [-0.3, -0.25) is 14.4 Å². The number of amides is 2. The van der Waals surface area contributed by atoms with E-state index in [1.165, 1.54) is 0 Å². The van der Waals surface area contributed by atoms with Gasteiger partial charge in [0, 0.05) is 37.4 Å². The molecule has 1 heterocycles. The molecule has 2 amide bonds. The number of nitrogens with zero attached hydrogens (tertiary/aromatic N) is 1. The highest BCUT2D eigenvalue weighted by Crippen LogP contribution is 2.38. The van der Waals surface area contributed by atoms with Crippen molar-refractivity contribution in [2.75, 3.05) is 13.1 Å². The fourth-order valence-corrected chi connectivity index (χ4v) is 4.76. The summed E-state index contributed by atoms with van der Waals surface area (Å²) >= 11 is 5.99. The second-order valence-electron chi connectivity index (χ2n) is 8.75. The molecule has 6 heteroatoms. The molecule has 0 radical (unpaired) electrons. The maximum atomic E-state index is 13.5. The van der Waals surface area contributed by atoms with E-state index in [2.05, 4.69) is 5.32 Å². The predicted molar refractivity (Wildman–Crippen MR) is 131 cm³/mol. The van der Waals surface area contributed by atoms with Gasteiger partial charge in [0.1, 0.15) is 11.8 Å². The molecule has 1 atom stereocenters. The lowest BCUT2D eigenvalue weighted by molar-refractivity contribution is -0.139. The van der Waals surface area contributed by atoms with Gasteiger partial charge in [0.15, 0.2) is 0 Å². The zero-order valence-corrected chi connectivity index (χ0v) is 20.2. The van der Waals surface area contributed by atoms with Gasteiger partial charge in [0.05, 0.1) is 5.41 Å². The molecule has 2 aromatic rings. The molecular weight excluding hydrogens is 436 g/mol. The van der Waals surface area contributed by atoms with Crippen molar-refractivity contribution in [2.24, 2.45) is 0 Å². The SMILES string of the molecule is CCCC(=O)C1(c2ccccc2)CCN(C(=O)[C@@H](Cc2ccc(Cl)cc2)NC(=O)CC)CC1. The lowest BCUT2D eigenvalue weighted by Gasteiger charge is -2.42. The van der Waals surface area contributed by atoms with E-state index in [1.54, 1.807) is 24.0 Å². The summed E-state index contributed by atoms with van der Waals surface area (Å²) in [5.41, 5.74) is 1.42. The number of hydrogen-bond donors (Lipinski definition) is 1. The fraction of sp³-hybridized carbons (Fsp3) is 0.444. The molecule has 3 rings (SSSR count). The number of rotatable bonds is 9. The Morgan fingerprint density at radius 3 is 2.21 bits per heavy atom. The van der Waals surface area contributed by atoms with Crippen molar-refractivity contribution in [1.29, 1.82) is 0 Å². The van der Waals surface area contributed by atoms with Crippen LogP contribution in [-0.4, -0.2) is 41.6 Å². The smallest absolute Gasteiger partial charge is 0.245 e. The van der Waals surface area contributed by atoms with Gasteiger partial charge < -0.3 is 10.2 Å². The molecular formula is C27H33ClN2O3. The van der Waals surface area contributed by atoms with Crippen LogP contribution in [0.5, 0.6) is 0 Å². The zero-order chi connectivity index (χ0) is 23.8. The summed E-state index contributed by atoms with van der Waals surface area (Å²) in [5, 5.41) is 3.52. The highest BCUT2D eigenvalue weighted by Gasteiger charge is 2.43. The third-order valence-corrected chi connectivity index (χ3v) is 6.83. The van der Waals surface area contributed by atoms with E-state index < -0.39 is 11.5 Å². The lowest BCUT2D eigenvalue weighted by Crippen LogP contribution is -2.55. The highest BCUT2D eigenvalue weighted by atomic mass is 35.5. The van der Waals surface area contributed by atoms with Gasteiger partial charge in [0.2, 0.25) is 11.8 Å². The van der Waals surface area contributed by atoms with Crippen LogP contribution in [0.2, 0.25) is 5.02 Å². The maximum Gasteiger partial charge on any atom is 0.245 e. The Morgan fingerprint density at radius 1 is 1.00 bits per heavy atom. The molecule has 0 aliphatic carbocycles. The molecule has 0 unspecified atom stereocenters. The quantitative estimate of drug-likeness (QED) is 0.579. The molecule has 176 valence electrons. The van der Waals surface area contributed by atoms with Crippen molar-refractivity contribution in [3.63, 3.8) is 0 Å². The van der Waals surface area contributed by atoms with E-state index in [1.807, 2.05) is 49.4 Å². The average Bonchev–Trinajstić information content (AvgIpc) is 2.85. The second kappa shape index (κ2) is 11.5. The summed E-state index contributed by atoms with van der Waals surface area (Å²) in [4.78, 5) is 40.6. The molecule has 1 aliphatic rings. The topological polar surface area (TPSA) is 66.5 Å². The van der Waals surface area contributed by atoms with Gasteiger partial charge in [-0.25, -0.2) is 0 Å². The molecule has 1 aliphatic heterocycles. The van der Waals surface area contributed by atoms with E-state index in [0.29, 0.717) is 50.2 Å². The zero-order valence-electron chi connectivity index (χ0n) is 19.5. The van der Waals surface area contributed by atoms with Crippen molar-refractivity contribution < 1.29 is 14.4 Å². The van der Waals surface area contributed by atoms with Crippen LogP contribution in [-0.2, 0) is 26.2 Å². The Morgan fingerprint density at radius 2 is 1.64 bits per heavy atom. The van der Waals surface area contributed by atoms with Crippen LogP contribution in [0.4, 0.5) is 0 Å². The van der Waals surface area contributed by atoms with Crippen molar-refractivity contribution in [3.8, 4) is 0 Å². The minimum absolute atomic E-state index is 0.101. The largest absolute Gasteiger partial charge is 0.344 e. The molecule has 1 N–H and O–H groups in total.